The maximum atomic E-state index is 9.13. The summed E-state index contributed by atoms with van der Waals surface area (Å²) >= 11 is 0. The van der Waals surface area contributed by atoms with E-state index in [1.807, 2.05) is 6.07 Å². The SMILES string of the molecule is N#COCC#[N+][O-]. The predicted molar refractivity (Wildman–Crippen MR) is 22.2 cm³/mol. The third-order valence-corrected chi connectivity index (χ3v) is 0.266. The van der Waals surface area contributed by atoms with Crippen LogP contribution in [0.25, 0.3) is 5.01 Å². The van der Waals surface area contributed by atoms with E-state index in [2.05, 4.69) is 9.75 Å². The van der Waals surface area contributed by atoms with Crippen LogP contribution in [0.4, 0.5) is 0 Å². The molecule has 0 aliphatic rings. The lowest BCUT2D eigenvalue weighted by atomic mass is 10.8. The van der Waals surface area contributed by atoms with Crippen molar-refractivity contribution in [2.45, 2.75) is 0 Å². The Morgan fingerprint density at radius 2 is 2.57 bits per heavy atom. The number of rotatable bonds is 1. The van der Waals surface area contributed by atoms with Gasteiger partial charge in [0.15, 0.2) is 0 Å². The third kappa shape index (κ3) is 4.58. The van der Waals surface area contributed by atoms with E-state index in [9.17, 15) is 0 Å². The highest BCUT2D eigenvalue weighted by atomic mass is 16.5. The van der Waals surface area contributed by atoms with Crippen LogP contribution < -0.4 is 0 Å². The van der Waals surface area contributed by atoms with Crippen molar-refractivity contribution in [2.75, 3.05) is 6.61 Å². The van der Waals surface area contributed by atoms with Gasteiger partial charge in [-0.25, -0.2) is 0 Å². The summed E-state index contributed by atoms with van der Waals surface area (Å²) in [5, 5.41) is 19.0. The van der Waals surface area contributed by atoms with Crippen LogP contribution in [0, 0.1) is 22.8 Å². The Balaban J connectivity index is 2.98. The van der Waals surface area contributed by atoms with Gasteiger partial charge in [-0.15, -0.1) is 0 Å². The molecule has 0 radical (unpaired) electrons. The molecule has 0 aromatic carbocycles. The largest absolute Gasteiger partial charge is 0.498 e. The summed E-state index contributed by atoms with van der Waals surface area (Å²) in [4.78, 5) is 0. The smallest absolute Gasteiger partial charge is 0.341 e. The molecule has 0 N–H and O–H groups in total. The maximum Gasteiger partial charge on any atom is 0.341 e. The second-order valence-electron chi connectivity index (χ2n) is 0.629. The molecule has 0 aliphatic heterocycles. The van der Waals surface area contributed by atoms with Crippen molar-refractivity contribution in [1.82, 2.24) is 0 Å². The minimum Gasteiger partial charge on any atom is -0.498 e. The predicted octanol–water partition coefficient (Wildman–Crippen LogP) is 0.315. The van der Waals surface area contributed by atoms with Gasteiger partial charge in [0.2, 0.25) is 6.61 Å². The Morgan fingerprint density at radius 1 is 1.86 bits per heavy atom. The Morgan fingerprint density at radius 3 is 3.00 bits per heavy atom. The molecule has 0 spiro atoms. The minimum absolute atomic E-state index is 0.153. The van der Waals surface area contributed by atoms with Gasteiger partial charge >= 0.3 is 6.07 Å². The van der Waals surface area contributed by atoms with Crippen LogP contribution in [0.2, 0.25) is 0 Å². The highest BCUT2D eigenvalue weighted by molar-refractivity contribution is 4.87. The van der Waals surface area contributed by atoms with Gasteiger partial charge in [0.1, 0.15) is 0 Å². The summed E-state index contributed by atoms with van der Waals surface area (Å²) in [7, 11) is 0. The van der Waals surface area contributed by atoms with Gasteiger partial charge in [-0.2, -0.15) is 5.26 Å². The van der Waals surface area contributed by atoms with Crippen LogP contribution in [0.15, 0.2) is 0 Å². The first-order valence-corrected chi connectivity index (χ1v) is 1.48. The first-order valence-electron chi connectivity index (χ1n) is 1.48. The maximum absolute atomic E-state index is 9.13. The van der Waals surface area contributed by atoms with E-state index in [-0.39, 0.29) is 6.61 Å². The summed E-state index contributed by atoms with van der Waals surface area (Å²) in [6.45, 7) is -0.153. The van der Waals surface area contributed by atoms with Crippen LogP contribution >= 0.6 is 0 Å². The van der Waals surface area contributed by atoms with Gasteiger partial charge in [-0.1, -0.05) is 0 Å². The topological polar surface area (TPSA) is 60.4 Å². The average Bonchev–Trinajstić information content (AvgIpc) is 1.69. The zero-order valence-corrected chi connectivity index (χ0v) is 3.42. The van der Waals surface area contributed by atoms with E-state index in [1.165, 1.54) is 6.26 Å². The van der Waals surface area contributed by atoms with Crippen LogP contribution in [0.3, 0.4) is 0 Å². The standard InChI is InChI=1S/C3H2N2O2/c4-3-7-2-1-5-6/h2H2. The molecule has 0 atom stereocenters. The third-order valence-electron chi connectivity index (χ3n) is 0.266. The monoisotopic (exact) mass is 98.0 g/mol. The van der Waals surface area contributed by atoms with Crippen molar-refractivity contribution in [3.8, 4) is 12.3 Å². The average molecular weight is 98.1 g/mol. The molecule has 36 valence electrons. The van der Waals surface area contributed by atoms with Crippen molar-refractivity contribution < 1.29 is 4.74 Å². The minimum atomic E-state index is -0.153. The molecular weight excluding hydrogens is 96.0 g/mol. The molecule has 0 fully saturated rings. The van der Waals surface area contributed by atoms with Gasteiger partial charge in [0, 0.05) is 5.01 Å². The van der Waals surface area contributed by atoms with Crippen molar-refractivity contribution in [2.24, 2.45) is 0 Å². The van der Waals surface area contributed by atoms with E-state index in [4.69, 9.17) is 10.5 Å². The summed E-state index contributed by atoms with van der Waals surface area (Å²) < 4.78 is 3.97. The van der Waals surface area contributed by atoms with Crippen molar-refractivity contribution in [3.05, 3.63) is 10.2 Å². The lowest BCUT2D eigenvalue weighted by molar-refractivity contribution is 0.319. The number of nitriles is 1. The molecule has 4 heteroatoms. The van der Waals surface area contributed by atoms with Gasteiger partial charge in [-0.3, -0.25) is 0 Å². The van der Waals surface area contributed by atoms with Crippen LogP contribution in [0.1, 0.15) is 0 Å². The fraction of sp³-hybridized carbons (Fsp3) is 0.333. The van der Waals surface area contributed by atoms with Crippen LogP contribution in [-0.4, -0.2) is 6.61 Å². The second-order valence-corrected chi connectivity index (χ2v) is 0.629. The Hall–Kier alpha value is -1.42. The van der Waals surface area contributed by atoms with Crippen LogP contribution in [0.5, 0.6) is 0 Å². The fourth-order valence-electron chi connectivity index (χ4n) is 0.0909. The van der Waals surface area contributed by atoms with Crippen molar-refractivity contribution in [1.29, 1.82) is 5.26 Å². The van der Waals surface area contributed by atoms with Gasteiger partial charge in [-0.05, 0) is 0 Å². The summed E-state index contributed by atoms with van der Waals surface area (Å²) in [5.74, 6) is 0. The Labute approximate surface area is 40.3 Å². The molecule has 0 aromatic rings. The van der Waals surface area contributed by atoms with E-state index in [0.29, 0.717) is 0 Å². The second kappa shape index (κ2) is 4.58. The lowest BCUT2D eigenvalue weighted by Gasteiger charge is -1.71. The summed E-state index contributed by atoms with van der Waals surface area (Å²) in [6, 6.07) is 1.87. The molecule has 0 heterocycles. The van der Waals surface area contributed by atoms with Crippen LogP contribution in [-0.2, 0) is 4.74 Å². The highest BCUT2D eigenvalue weighted by Gasteiger charge is 1.78. The fourth-order valence-corrected chi connectivity index (χ4v) is 0.0909. The highest BCUT2D eigenvalue weighted by Crippen LogP contribution is 1.64. The number of nitrogens with zero attached hydrogens (tertiary/aromatic N) is 2. The lowest BCUT2D eigenvalue weighted by Crippen LogP contribution is -1.77. The number of hydrogen-bond donors (Lipinski definition) is 0. The first kappa shape index (κ1) is 5.58. The molecule has 4 nitrogen and oxygen atoms in total. The molecule has 7 heavy (non-hydrogen) atoms. The van der Waals surface area contributed by atoms with Gasteiger partial charge in [0.05, 0.1) is 0 Å². The molecule has 0 aromatic heterocycles. The normalized spacial score (nSPS) is 5.00. The molecule has 0 rings (SSSR count). The van der Waals surface area contributed by atoms with E-state index in [1.54, 1.807) is 0 Å². The zero-order chi connectivity index (χ0) is 5.54. The molecule has 0 saturated heterocycles. The molecule has 0 bridgehead atoms. The van der Waals surface area contributed by atoms with Gasteiger partial charge < -0.3 is 9.94 Å². The molecule has 0 aliphatic carbocycles. The first-order chi connectivity index (χ1) is 3.41. The van der Waals surface area contributed by atoms with Crippen molar-refractivity contribution >= 4 is 0 Å². The van der Waals surface area contributed by atoms with Gasteiger partial charge in [0.25, 0.3) is 6.26 Å². The Kier molecular flexibility index (Phi) is 3.65. The van der Waals surface area contributed by atoms with E-state index < -0.39 is 0 Å². The molecule has 0 unspecified atom stereocenters. The quantitative estimate of drug-likeness (QED) is 0.269. The number of ether oxygens (including phenoxy) is 1. The molecule has 0 amide bonds. The molecular formula is C3H2N2O2. The van der Waals surface area contributed by atoms with E-state index >= 15 is 0 Å². The number of hydrogen-bond acceptors (Lipinski definition) is 3. The van der Waals surface area contributed by atoms with Crippen molar-refractivity contribution in [3.63, 3.8) is 0 Å². The molecule has 0 saturated carbocycles. The Bertz CT molecular complexity index is 126. The summed E-state index contributed by atoms with van der Waals surface area (Å²) in [5.41, 5.74) is 0. The van der Waals surface area contributed by atoms with E-state index in [0.717, 1.165) is 0 Å². The zero-order valence-electron chi connectivity index (χ0n) is 3.42. The summed E-state index contributed by atoms with van der Waals surface area (Å²) in [6.07, 6.45) is 1.34.